The standard InChI is InChI=1S/C32H47N5O7/c1-32(2,3)44-31(39)35-17-5-20-41-24-25-42-22-7-21-40-19-4-16-34-28-12-8-26(9-13-28)30(38)27-10-14-29(15-11-27)43-23-6-18-36-37-33/h8-15,34H,4-7,16-25H2,1-3H3,(H,35,39). The summed E-state index contributed by atoms with van der Waals surface area (Å²) in [5.41, 5.74) is 9.94. The number of amides is 1. The van der Waals surface area contributed by atoms with Crippen molar-refractivity contribution in [1.82, 2.24) is 5.32 Å². The molecule has 0 bridgehead atoms. The fourth-order valence-corrected chi connectivity index (χ4v) is 3.75. The van der Waals surface area contributed by atoms with Gasteiger partial charge in [-0.3, -0.25) is 4.79 Å². The first kappa shape index (κ1) is 36.4. The van der Waals surface area contributed by atoms with E-state index in [-0.39, 0.29) is 5.78 Å². The number of alkyl carbamates (subject to hydrolysis) is 1. The lowest BCUT2D eigenvalue weighted by Gasteiger charge is -2.19. The number of anilines is 1. The van der Waals surface area contributed by atoms with Gasteiger partial charge in [0.2, 0.25) is 0 Å². The van der Waals surface area contributed by atoms with Gasteiger partial charge < -0.3 is 34.3 Å². The van der Waals surface area contributed by atoms with Crippen molar-refractivity contribution in [2.75, 3.05) is 71.2 Å². The molecule has 0 fully saturated rings. The van der Waals surface area contributed by atoms with Crippen LogP contribution >= 0.6 is 0 Å². The van der Waals surface area contributed by atoms with Gasteiger partial charge in [0.15, 0.2) is 5.78 Å². The smallest absolute Gasteiger partial charge is 0.407 e. The van der Waals surface area contributed by atoms with Gasteiger partial charge >= 0.3 is 6.09 Å². The van der Waals surface area contributed by atoms with Crippen LogP contribution in [0.2, 0.25) is 0 Å². The molecule has 44 heavy (non-hydrogen) atoms. The summed E-state index contributed by atoms with van der Waals surface area (Å²) in [6.45, 7) is 11.1. The third-order valence-electron chi connectivity index (χ3n) is 5.88. The SMILES string of the molecule is CC(C)(C)OC(=O)NCCCOCCOCCCOCCCNc1ccc(C(=O)c2ccc(OCCCN=[N+]=[N-])cc2)cc1. The molecule has 12 heteroatoms. The van der Waals surface area contributed by atoms with Crippen LogP contribution in [0.5, 0.6) is 5.75 Å². The minimum Gasteiger partial charge on any atom is -0.494 e. The summed E-state index contributed by atoms with van der Waals surface area (Å²) in [6.07, 6.45) is 2.61. The second-order valence-electron chi connectivity index (χ2n) is 10.8. The first-order valence-corrected chi connectivity index (χ1v) is 15.1. The molecule has 0 aliphatic rings. The van der Waals surface area contributed by atoms with Gasteiger partial charge in [0, 0.05) is 67.8 Å². The minimum absolute atomic E-state index is 0.0546. The van der Waals surface area contributed by atoms with Crippen molar-refractivity contribution < 1.29 is 33.3 Å². The van der Waals surface area contributed by atoms with Gasteiger partial charge in [-0.2, -0.15) is 0 Å². The van der Waals surface area contributed by atoms with Crippen LogP contribution in [0.3, 0.4) is 0 Å². The van der Waals surface area contributed by atoms with Crippen molar-refractivity contribution in [2.45, 2.75) is 52.1 Å². The third-order valence-corrected chi connectivity index (χ3v) is 5.88. The quantitative estimate of drug-likeness (QED) is 0.0497. The molecular weight excluding hydrogens is 566 g/mol. The molecule has 0 unspecified atom stereocenters. The summed E-state index contributed by atoms with van der Waals surface area (Å²) in [6, 6.07) is 14.5. The zero-order valence-corrected chi connectivity index (χ0v) is 26.2. The zero-order chi connectivity index (χ0) is 31.9. The molecule has 12 nitrogen and oxygen atoms in total. The van der Waals surface area contributed by atoms with E-state index in [0.29, 0.717) is 89.1 Å². The van der Waals surface area contributed by atoms with Crippen molar-refractivity contribution in [3.05, 3.63) is 70.1 Å². The zero-order valence-electron chi connectivity index (χ0n) is 26.2. The van der Waals surface area contributed by atoms with Crippen molar-refractivity contribution in [3.8, 4) is 5.75 Å². The van der Waals surface area contributed by atoms with Crippen molar-refractivity contribution in [2.24, 2.45) is 5.11 Å². The van der Waals surface area contributed by atoms with E-state index in [4.69, 9.17) is 29.2 Å². The summed E-state index contributed by atoms with van der Waals surface area (Å²) in [7, 11) is 0. The molecular formula is C32H47N5O7. The van der Waals surface area contributed by atoms with Crippen LogP contribution in [0.1, 0.15) is 62.4 Å². The maximum atomic E-state index is 12.8. The Kier molecular flexibility index (Phi) is 18.0. The van der Waals surface area contributed by atoms with Crippen LogP contribution in [0.15, 0.2) is 53.6 Å². The Morgan fingerprint density at radius 1 is 0.750 bits per heavy atom. The Hall–Kier alpha value is -3.83. The van der Waals surface area contributed by atoms with E-state index in [1.54, 1.807) is 24.3 Å². The van der Waals surface area contributed by atoms with Crippen LogP contribution in [-0.2, 0) is 18.9 Å². The van der Waals surface area contributed by atoms with E-state index in [0.717, 1.165) is 25.1 Å². The van der Waals surface area contributed by atoms with Crippen molar-refractivity contribution in [3.63, 3.8) is 0 Å². The Morgan fingerprint density at radius 3 is 1.93 bits per heavy atom. The molecule has 0 spiro atoms. The van der Waals surface area contributed by atoms with E-state index in [2.05, 4.69) is 20.7 Å². The Balaban J connectivity index is 1.44. The van der Waals surface area contributed by atoms with Crippen LogP contribution < -0.4 is 15.4 Å². The van der Waals surface area contributed by atoms with Crippen molar-refractivity contribution in [1.29, 1.82) is 0 Å². The number of hydrogen-bond donors (Lipinski definition) is 2. The molecule has 2 N–H and O–H groups in total. The molecule has 2 rings (SSSR count). The van der Waals surface area contributed by atoms with Crippen molar-refractivity contribution >= 4 is 17.6 Å². The summed E-state index contributed by atoms with van der Waals surface area (Å²) in [4.78, 5) is 27.0. The molecule has 0 aromatic heterocycles. The largest absolute Gasteiger partial charge is 0.494 e. The molecule has 0 radical (unpaired) electrons. The van der Waals surface area contributed by atoms with Crippen LogP contribution in [0.25, 0.3) is 10.4 Å². The number of ketones is 1. The molecule has 2 aromatic rings. The molecule has 0 saturated heterocycles. The Labute approximate surface area is 260 Å². The number of ether oxygens (including phenoxy) is 5. The van der Waals surface area contributed by atoms with E-state index < -0.39 is 11.7 Å². The maximum Gasteiger partial charge on any atom is 0.407 e. The number of azide groups is 1. The van der Waals surface area contributed by atoms with E-state index in [1.807, 2.05) is 45.0 Å². The van der Waals surface area contributed by atoms with Gasteiger partial charge in [0.25, 0.3) is 0 Å². The summed E-state index contributed by atoms with van der Waals surface area (Å²) in [5, 5.41) is 9.52. The van der Waals surface area contributed by atoms with Gasteiger partial charge in [-0.15, -0.1) is 0 Å². The Morgan fingerprint density at radius 2 is 1.32 bits per heavy atom. The first-order chi connectivity index (χ1) is 21.3. The number of rotatable bonds is 23. The number of nitrogens with one attached hydrogen (secondary N) is 2. The molecule has 0 heterocycles. The average Bonchev–Trinajstić information content (AvgIpc) is 3.00. The molecule has 1 amide bonds. The van der Waals surface area contributed by atoms with Gasteiger partial charge in [-0.25, -0.2) is 4.79 Å². The lowest BCUT2D eigenvalue weighted by molar-refractivity contribution is 0.0338. The minimum atomic E-state index is -0.495. The van der Waals surface area contributed by atoms with Gasteiger partial charge in [-0.05, 0) is 101 Å². The fraction of sp³-hybridized carbons (Fsp3) is 0.562. The summed E-state index contributed by atoms with van der Waals surface area (Å²) < 4.78 is 27.5. The third kappa shape index (κ3) is 17.3. The highest BCUT2D eigenvalue weighted by atomic mass is 16.6. The molecule has 0 aliphatic carbocycles. The number of benzene rings is 2. The van der Waals surface area contributed by atoms with E-state index >= 15 is 0 Å². The second-order valence-corrected chi connectivity index (χ2v) is 10.8. The highest BCUT2D eigenvalue weighted by molar-refractivity contribution is 6.09. The maximum absolute atomic E-state index is 12.8. The highest BCUT2D eigenvalue weighted by Crippen LogP contribution is 2.17. The average molecular weight is 614 g/mol. The number of carbonyl (C=O) groups is 2. The Bertz CT molecular complexity index is 1130. The van der Waals surface area contributed by atoms with Crippen LogP contribution in [-0.4, -0.2) is 83.4 Å². The predicted octanol–water partition coefficient (Wildman–Crippen LogP) is 6.15. The van der Waals surface area contributed by atoms with Crippen LogP contribution in [0, 0.1) is 0 Å². The normalized spacial score (nSPS) is 11.0. The lowest BCUT2D eigenvalue weighted by atomic mass is 10.0. The lowest BCUT2D eigenvalue weighted by Crippen LogP contribution is -2.33. The molecule has 0 atom stereocenters. The topological polar surface area (TPSA) is 153 Å². The molecule has 2 aromatic carbocycles. The molecule has 0 aliphatic heterocycles. The number of hydrogen-bond acceptors (Lipinski definition) is 9. The van der Waals surface area contributed by atoms with Gasteiger partial charge in [0.1, 0.15) is 11.4 Å². The monoisotopic (exact) mass is 613 g/mol. The number of nitrogens with zero attached hydrogens (tertiary/aromatic N) is 3. The highest BCUT2D eigenvalue weighted by Gasteiger charge is 2.15. The molecule has 0 saturated carbocycles. The van der Waals surface area contributed by atoms with E-state index in [1.165, 1.54) is 0 Å². The number of carbonyl (C=O) groups excluding carboxylic acids is 2. The fourth-order valence-electron chi connectivity index (χ4n) is 3.75. The summed E-state index contributed by atoms with van der Waals surface area (Å²) in [5.74, 6) is 0.612. The van der Waals surface area contributed by atoms with Crippen LogP contribution in [0.4, 0.5) is 10.5 Å². The summed E-state index contributed by atoms with van der Waals surface area (Å²) >= 11 is 0. The first-order valence-electron chi connectivity index (χ1n) is 15.1. The molecule has 242 valence electrons. The van der Waals surface area contributed by atoms with Gasteiger partial charge in [0.05, 0.1) is 19.8 Å². The second kappa shape index (κ2) is 21.8. The predicted molar refractivity (Wildman–Crippen MR) is 169 cm³/mol. The van der Waals surface area contributed by atoms with Gasteiger partial charge in [-0.1, -0.05) is 5.11 Å². The van der Waals surface area contributed by atoms with E-state index in [9.17, 15) is 9.59 Å².